The molecule has 0 radical (unpaired) electrons. The van der Waals surface area contributed by atoms with E-state index >= 15 is 0 Å². The molecule has 2 aromatic rings. The maximum atomic E-state index is 13.2. The Labute approximate surface area is 184 Å². The summed E-state index contributed by atoms with van der Waals surface area (Å²) in [6.07, 6.45) is 0.719. The van der Waals surface area contributed by atoms with Crippen molar-refractivity contribution in [3.8, 4) is 0 Å². The predicted molar refractivity (Wildman–Crippen MR) is 120 cm³/mol. The first-order valence-corrected chi connectivity index (χ1v) is 10.8. The van der Waals surface area contributed by atoms with Crippen LogP contribution in [-0.2, 0) is 20.9 Å². The molecule has 0 heterocycles. The van der Waals surface area contributed by atoms with Crippen molar-refractivity contribution >= 4 is 23.4 Å². The molecule has 5 nitrogen and oxygen atoms in total. The molecule has 0 aromatic heterocycles. The number of benzene rings is 2. The van der Waals surface area contributed by atoms with E-state index in [4.69, 9.17) is 16.3 Å². The van der Waals surface area contributed by atoms with E-state index in [1.165, 1.54) is 0 Å². The summed E-state index contributed by atoms with van der Waals surface area (Å²) in [7, 11) is 0. The first-order chi connectivity index (χ1) is 14.4. The number of carbonyl (C=O) groups is 2. The lowest BCUT2D eigenvalue weighted by molar-refractivity contribution is -0.144. The van der Waals surface area contributed by atoms with Gasteiger partial charge in [-0.3, -0.25) is 9.59 Å². The number of carbonyl (C=O) groups excluding carboxylic acids is 2. The van der Waals surface area contributed by atoms with E-state index in [2.05, 4.69) is 5.32 Å². The number of hydrogen-bond acceptors (Lipinski definition) is 3. The SMILES string of the molecule is CCOCCCNC(=O)[C@@H](c1ccccc1)N(Cc1ccc(Cl)cc1)C(=O)C(C)C. The average Bonchev–Trinajstić information content (AvgIpc) is 2.74. The Hall–Kier alpha value is -2.37. The normalized spacial score (nSPS) is 11.9. The maximum absolute atomic E-state index is 13.2. The molecule has 2 amide bonds. The van der Waals surface area contributed by atoms with Crippen LogP contribution >= 0.6 is 11.6 Å². The van der Waals surface area contributed by atoms with E-state index in [1.807, 2.05) is 63.2 Å². The molecule has 162 valence electrons. The van der Waals surface area contributed by atoms with Gasteiger partial charge in [0.1, 0.15) is 6.04 Å². The first-order valence-electron chi connectivity index (χ1n) is 10.4. The highest BCUT2D eigenvalue weighted by atomic mass is 35.5. The fourth-order valence-corrected chi connectivity index (χ4v) is 3.28. The van der Waals surface area contributed by atoms with Crippen molar-refractivity contribution in [2.75, 3.05) is 19.8 Å². The van der Waals surface area contributed by atoms with E-state index in [0.29, 0.717) is 31.3 Å². The third-order valence-electron chi connectivity index (χ3n) is 4.69. The molecule has 2 aromatic carbocycles. The highest BCUT2D eigenvalue weighted by Crippen LogP contribution is 2.26. The van der Waals surface area contributed by atoms with Gasteiger partial charge in [-0.15, -0.1) is 0 Å². The van der Waals surface area contributed by atoms with E-state index in [9.17, 15) is 9.59 Å². The molecule has 6 heteroatoms. The Morgan fingerprint density at radius 1 is 1.07 bits per heavy atom. The summed E-state index contributed by atoms with van der Waals surface area (Å²) in [6.45, 7) is 7.69. The number of rotatable bonds is 11. The van der Waals surface area contributed by atoms with Gasteiger partial charge in [0.25, 0.3) is 0 Å². The number of halogens is 1. The van der Waals surface area contributed by atoms with Crippen molar-refractivity contribution in [2.24, 2.45) is 5.92 Å². The number of nitrogens with zero attached hydrogens (tertiary/aromatic N) is 1. The van der Waals surface area contributed by atoms with Crippen LogP contribution in [0.1, 0.15) is 44.4 Å². The second kappa shape index (κ2) is 12.4. The molecule has 1 N–H and O–H groups in total. The summed E-state index contributed by atoms with van der Waals surface area (Å²) in [4.78, 5) is 28.0. The quantitative estimate of drug-likeness (QED) is 0.529. The summed E-state index contributed by atoms with van der Waals surface area (Å²) >= 11 is 6.01. The molecule has 0 bridgehead atoms. The average molecular weight is 431 g/mol. The molecule has 0 aliphatic heterocycles. The number of amides is 2. The Balaban J connectivity index is 2.30. The summed E-state index contributed by atoms with van der Waals surface area (Å²) in [6, 6.07) is 16.0. The molecule has 0 saturated carbocycles. The smallest absolute Gasteiger partial charge is 0.247 e. The first kappa shape index (κ1) is 23.9. The molecule has 0 unspecified atom stereocenters. The highest BCUT2D eigenvalue weighted by molar-refractivity contribution is 6.30. The van der Waals surface area contributed by atoms with Crippen molar-refractivity contribution in [1.29, 1.82) is 0 Å². The molecule has 0 fully saturated rings. The second-order valence-corrected chi connectivity index (χ2v) is 7.84. The number of nitrogens with one attached hydrogen (secondary N) is 1. The van der Waals surface area contributed by atoms with Crippen molar-refractivity contribution in [2.45, 2.75) is 39.8 Å². The third kappa shape index (κ3) is 7.15. The zero-order chi connectivity index (χ0) is 21.9. The summed E-state index contributed by atoms with van der Waals surface area (Å²) in [5.74, 6) is -0.516. The molecule has 2 rings (SSSR count). The van der Waals surface area contributed by atoms with Crippen LogP contribution in [0.3, 0.4) is 0 Å². The topological polar surface area (TPSA) is 58.6 Å². The predicted octanol–water partition coefficient (Wildman–Crippen LogP) is 4.61. The summed E-state index contributed by atoms with van der Waals surface area (Å²) < 4.78 is 5.34. The zero-order valence-corrected chi connectivity index (χ0v) is 18.7. The van der Waals surface area contributed by atoms with Crippen LogP contribution in [0.25, 0.3) is 0 Å². The Morgan fingerprint density at radius 3 is 2.33 bits per heavy atom. The van der Waals surface area contributed by atoms with Crippen LogP contribution in [0.2, 0.25) is 5.02 Å². The van der Waals surface area contributed by atoms with Crippen LogP contribution in [0, 0.1) is 5.92 Å². The van der Waals surface area contributed by atoms with E-state index in [-0.39, 0.29) is 17.7 Å². The fourth-order valence-electron chi connectivity index (χ4n) is 3.15. The molecule has 0 aliphatic rings. The van der Waals surface area contributed by atoms with Crippen LogP contribution in [0.15, 0.2) is 54.6 Å². The van der Waals surface area contributed by atoms with Gasteiger partial charge < -0.3 is 15.0 Å². The van der Waals surface area contributed by atoms with Gasteiger partial charge >= 0.3 is 0 Å². The van der Waals surface area contributed by atoms with Gasteiger partial charge in [-0.25, -0.2) is 0 Å². The monoisotopic (exact) mass is 430 g/mol. The Morgan fingerprint density at radius 2 is 1.73 bits per heavy atom. The Kier molecular flexibility index (Phi) is 9.84. The van der Waals surface area contributed by atoms with Crippen molar-refractivity contribution in [3.63, 3.8) is 0 Å². The van der Waals surface area contributed by atoms with Gasteiger partial charge in [0.05, 0.1) is 0 Å². The van der Waals surface area contributed by atoms with E-state index in [0.717, 1.165) is 17.5 Å². The van der Waals surface area contributed by atoms with Gasteiger partial charge in [0.2, 0.25) is 11.8 Å². The van der Waals surface area contributed by atoms with E-state index in [1.54, 1.807) is 17.0 Å². The lowest BCUT2D eigenvalue weighted by Gasteiger charge is -2.33. The molecular weight excluding hydrogens is 400 g/mol. The maximum Gasteiger partial charge on any atom is 0.247 e. The molecule has 0 saturated heterocycles. The third-order valence-corrected chi connectivity index (χ3v) is 4.94. The summed E-state index contributed by atoms with van der Waals surface area (Å²) in [5, 5.41) is 3.61. The lowest BCUT2D eigenvalue weighted by Crippen LogP contribution is -2.45. The second-order valence-electron chi connectivity index (χ2n) is 7.40. The minimum Gasteiger partial charge on any atom is -0.382 e. The molecular formula is C24H31ClN2O3. The van der Waals surface area contributed by atoms with Crippen LogP contribution in [0.5, 0.6) is 0 Å². The van der Waals surface area contributed by atoms with Gasteiger partial charge in [0.15, 0.2) is 0 Å². The van der Waals surface area contributed by atoms with Crippen LogP contribution < -0.4 is 5.32 Å². The van der Waals surface area contributed by atoms with E-state index < -0.39 is 6.04 Å². The Bertz CT molecular complexity index is 794. The minimum atomic E-state index is -0.719. The zero-order valence-electron chi connectivity index (χ0n) is 17.9. The molecule has 0 spiro atoms. The van der Waals surface area contributed by atoms with Crippen molar-refractivity contribution < 1.29 is 14.3 Å². The summed E-state index contributed by atoms with van der Waals surface area (Å²) in [5.41, 5.74) is 1.70. The molecule has 0 aliphatic carbocycles. The van der Waals surface area contributed by atoms with Crippen LogP contribution in [-0.4, -0.2) is 36.5 Å². The van der Waals surface area contributed by atoms with Crippen molar-refractivity contribution in [1.82, 2.24) is 10.2 Å². The number of ether oxygens (including phenoxy) is 1. The number of hydrogen-bond donors (Lipinski definition) is 1. The molecule has 30 heavy (non-hydrogen) atoms. The van der Waals surface area contributed by atoms with Gasteiger partial charge in [-0.2, -0.15) is 0 Å². The minimum absolute atomic E-state index is 0.0803. The lowest BCUT2D eigenvalue weighted by atomic mass is 10.0. The van der Waals surface area contributed by atoms with Gasteiger partial charge in [0, 0.05) is 37.2 Å². The fraction of sp³-hybridized carbons (Fsp3) is 0.417. The van der Waals surface area contributed by atoms with Crippen LogP contribution in [0.4, 0.5) is 0 Å². The largest absolute Gasteiger partial charge is 0.382 e. The standard InChI is InChI=1S/C24H31ClN2O3/c1-4-30-16-8-15-26-23(28)22(20-9-6-5-7-10-20)27(24(29)18(2)3)17-19-11-13-21(25)14-12-19/h5-7,9-14,18,22H,4,8,15-17H2,1-3H3,(H,26,28)/t22-/m1/s1. The van der Waals surface area contributed by atoms with Crippen molar-refractivity contribution in [3.05, 3.63) is 70.7 Å². The molecule has 1 atom stereocenters. The van der Waals surface area contributed by atoms with Gasteiger partial charge in [-0.05, 0) is 36.6 Å². The highest BCUT2D eigenvalue weighted by Gasteiger charge is 2.32. The van der Waals surface area contributed by atoms with Gasteiger partial charge in [-0.1, -0.05) is 67.9 Å².